The van der Waals surface area contributed by atoms with Gasteiger partial charge in [0.1, 0.15) is 19.3 Å². The summed E-state index contributed by atoms with van der Waals surface area (Å²) in [5.41, 5.74) is 0. The van der Waals surface area contributed by atoms with Crippen molar-refractivity contribution in [2.75, 3.05) is 39.6 Å². The minimum atomic E-state index is -5.00. The number of ether oxygens (including phenoxy) is 4. The van der Waals surface area contributed by atoms with Crippen LogP contribution in [0.15, 0.2) is 134 Å². The number of phosphoric ester groups is 2. The van der Waals surface area contributed by atoms with Crippen LogP contribution in [0.1, 0.15) is 272 Å². The van der Waals surface area contributed by atoms with Crippen LogP contribution in [-0.2, 0) is 65.4 Å². The normalized spacial score (nSPS) is 14.8. The summed E-state index contributed by atoms with van der Waals surface area (Å²) in [6.45, 7) is 4.39. The third kappa shape index (κ3) is 67.8. The van der Waals surface area contributed by atoms with Crippen LogP contribution >= 0.6 is 15.6 Å². The van der Waals surface area contributed by atoms with Gasteiger partial charge in [0, 0.05) is 19.3 Å². The molecule has 0 saturated heterocycles. The molecule has 0 heterocycles. The summed E-state index contributed by atoms with van der Waals surface area (Å²) in [5.74, 6) is -2.40. The van der Waals surface area contributed by atoms with Crippen LogP contribution in [0.5, 0.6) is 0 Å². The highest BCUT2D eigenvalue weighted by atomic mass is 31.2. The number of phosphoric acid groups is 2. The third-order valence-electron chi connectivity index (χ3n) is 14.6. The Morgan fingerprint density at radius 3 is 1.00 bits per heavy atom. The average Bonchev–Trinajstić information content (AvgIpc) is 1.17. The average molecular weight is 1390 g/mol. The summed E-state index contributed by atoms with van der Waals surface area (Å²) < 4.78 is 68.1. The van der Waals surface area contributed by atoms with E-state index in [1.807, 2.05) is 30.4 Å². The van der Waals surface area contributed by atoms with Crippen molar-refractivity contribution < 1.29 is 80.2 Å². The fourth-order valence-electron chi connectivity index (χ4n) is 9.13. The molecule has 548 valence electrons. The molecule has 0 aliphatic carbocycles. The SMILES string of the molecule is CC/C=C\C/C=C\C/C=C\C/C=C\C/C=C\CCCC(=O)OCC(COP(=O)(O)OCC(O)COP(=O)(O)OCC(COC(=O)C/C=C\C/C=C\C/C=C\C/C=C\C/C=C\CC)OC(=O)CCCCCCC/C=C\CCCC)OC(=O)CCCCCCCCCCCCCCC. The number of allylic oxidation sites excluding steroid dienone is 21. The Balaban J connectivity index is 5.44. The first-order chi connectivity index (χ1) is 46.7. The molecule has 0 aromatic carbocycles. The van der Waals surface area contributed by atoms with Gasteiger partial charge in [-0.3, -0.25) is 37.3 Å². The molecule has 0 aliphatic rings. The van der Waals surface area contributed by atoms with Crippen LogP contribution in [0.3, 0.4) is 0 Å². The Kier molecular flexibility index (Phi) is 65.3. The van der Waals surface area contributed by atoms with Crippen LogP contribution in [0.4, 0.5) is 0 Å². The third-order valence-corrected chi connectivity index (χ3v) is 16.5. The van der Waals surface area contributed by atoms with Gasteiger partial charge in [-0.1, -0.05) is 271 Å². The number of esters is 4. The van der Waals surface area contributed by atoms with E-state index in [9.17, 15) is 43.2 Å². The summed E-state index contributed by atoms with van der Waals surface area (Å²) in [7, 11) is -9.99. The first-order valence-corrected chi connectivity index (χ1v) is 39.4. The predicted molar refractivity (Wildman–Crippen MR) is 390 cm³/mol. The topological polar surface area (TPSA) is 237 Å². The van der Waals surface area contributed by atoms with Crippen LogP contribution in [0.25, 0.3) is 0 Å². The second-order valence-corrected chi connectivity index (χ2v) is 26.7. The molecule has 17 nitrogen and oxygen atoms in total. The molecule has 0 aliphatic heterocycles. The fraction of sp³-hybridized carbons (Fsp3) is 0.662. The van der Waals surface area contributed by atoms with Gasteiger partial charge in [-0.25, -0.2) is 9.13 Å². The number of hydrogen-bond acceptors (Lipinski definition) is 15. The van der Waals surface area contributed by atoms with Crippen LogP contribution in [0.2, 0.25) is 0 Å². The maximum atomic E-state index is 13.0. The molecule has 0 fully saturated rings. The largest absolute Gasteiger partial charge is 0.472 e. The molecule has 5 atom stereocenters. The van der Waals surface area contributed by atoms with E-state index < -0.39 is 97.5 Å². The number of aliphatic hydroxyl groups excluding tert-OH is 1. The molecule has 0 spiro atoms. The summed E-state index contributed by atoms with van der Waals surface area (Å²) in [6, 6.07) is 0. The lowest BCUT2D eigenvalue weighted by Gasteiger charge is -2.21. The zero-order valence-corrected chi connectivity index (χ0v) is 61.3. The summed E-state index contributed by atoms with van der Waals surface area (Å²) in [5, 5.41) is 10.6. The van der Waals surface area contributed by atoms with E-state index in [4.69, 9.17) is 37.0 Å². The van der Waals surface area contributed by atoms with Gasteiger partial charge in [-0.05, 0) is 109 Å². The number of aliphatic hydroxyl groups is 1. The molecule has 0 radical (unpaired) electrons. The van der Waals surface area contributed by atoms with Crippen LogP contribution in [-0.4, -0.2) is 96.7 Å². The van der Waals surface area contributed by atoms with E-state index in [1.54, 1.807) is 6.08 Å². The first kappa shape index (κ1) is 91.2. The van der Waals surface area contributed by atoms with Gasteiger partial charge in [0.25, 0.3) is 0 Å². The van der Waals surface area contributed by atoms with Gasteiger partial charge in [-0.15, -0.1) is 0 Å². The van der Waals surface area contributed by atoms with Crippen molar-refractivity contribution in [2.24, 2.45) is 0 Å². The van der Waals surface area contributed by atoms with Gasteiger partial charge in [0.2, 0.25) is 0 Å². The number of carbonyl (C=O) groups is 4. The van der Waals surface area contributed by atoms with Crippen molar-refractivity contribution in [1.82, 2.24) is 0 Å². The van der Waals surface area contributed by atoms with Gasteiger partial charge >= 0.3 is 39.5 Å². The monoisotopic (exact) mass is 1390 g/mol. The van der Waals surface area contributed by atoms with E-state index in [0.717, 1.165) is 122 Å². The molecule has 0 saturated carbocycles. The van der Waals surface area contributed by atoms with Crippen molar-refractivity contribution in [1.29, 1.82) is 0 Å². The summed E-state index contributed by atoms with van der Waals surface area (Å²) >= 11 is 0. The summed E-state index contributed by atoms with van der Waals surface area (Å²) in [4.78, 5) is 72.6. The molecule has 3 N–H and O–H groups in total. The molecule has 96 heavy (non-hydrogen) atoms. The maximum absolute atomic E-state index is 13.0. The van der Waals surface area contributed by atoms with Crippen molar-refractivity contribution >= 4 is 39.5 Å². The Bertz CT molecular complexity index is 2350. The van der Waals surface area contributed by atoms with E-state index in [2.05, 4.69) is 125 Å². The van der Waals surface area contributed by atoms with Gasteiger partial charge < -0.3 is 33.8 Å². The Hall–Kier alpha value is -4.80. The highest BCUT2D eigenvalue weighted by molar-refractivity contribution is 7.47. The highest BCUT2D eigenvalue weighted by Gasteiger charge is 2.30. The minimum absolute atomic E-state index is 0.0611. The Labute approximate surface area is 580 Å². The molecule has 0 rings (SSSR count). The molecule has 0 amide bonds. The van der Waals surface area contributed by atoms with Crippen molar-refractivity contribution in [2.45, 2.75) is 290 Å². The first-order valence-electron chi connectivity index (χ1n) is 36.4. The fourth-order valence-corrected chi connectivity index (χ4v) is 10.7. The lowest BCUT2D eigenvalue weighted by molar-refractivity contribution is -0.161. The lowest BCUT2D eigenvalue weighted by Crippen LogP contribution is -2.30. The van der Waals surface area contributed by atoms with Gasteiger partial charge in [-0.2, -0.15) is 0 Å². The molecule has 0 bridgehead atoms. The maximum Gasteiger partial charge on any atom is 0.472 e. The predicted octanol–water partition coefficient (Wildman–Crippen LogP) is 20.5. The van der Waals surface area contributed by atoms with E-state index in [1.165, 1.54) is 64.2 Å². The molecular weight excluding hydrogens is 1260 g/mol. The summed E-state index contributed by atoms with van der Waals surface area (Å²) in [6.07, 6.45) is 75.0. The zero-order valence-electron chi connectivity index (χ0n) is 59.5. The van der Waals surface area contributed by atoms with Gasteiger partial charge in [0.15, 0.2) is 12.2 Å². The number of carbonyl (C=O) groups excluding carboxylic acids is 4. The number of unbranched alkanes of at least 4 members (excludes halogenated alkanes) is 20. The lowest BCUT2D eigenvalue weighted by atomic mass is 10.0. The number of rotatable bonds is 67. The second-order valence-electron chi connectivity index (χ2n) is 23.8. The van der Waals surface area contributed by atoms with E-state index in [0.29, 0.717) is 32.1 Å². The second kappa shape index (κ2) is 68.7. The van der Waals surface area contributed by atoms with Gasteiger partial charge in [0.05, 0.1) is 32.8 Å². The van der Waals surface area contributed by atoms with Crippen molar-refractivity contribution in [3.05, 3.63) is 134 Å². The quantitative estimate of drug-likeness (QED) is 0.0169. The zero-order chi connectivity index (χ0) is 70.4. The molecule has 0 aromatic rings. The molecule has 5 unspecified atom stereocenters. The molecule has 19 heteroatoms. The van der Waals surface area contributed by atoms with Crippen LogP contribution in [0, 0.1) is 0 Å². The van der Waals surface area contributed by atoms with E-state index in [-0.39, 0.29) is 25.7 Å². The van der Waals surface area contributed by atoms with Crippen LogP contribution < -0.4 is 0 Å². The van der Waals surface area contributed by atoms with Crippen molar-refractivity contribution in [3.63, 3.8) is 0 Å². The molecule has 0 aromatic heterocycles. The van der Waals surface area contributed by atoms with Crippen molar-refractivity contribution in [3.8, 4) is 0 Å². The minimum Gasteiger partial charge on any atom is -0.462 e. The highest BCUT2D eigenvalue weighted by Crippen LogP contribution is 2.45. The Morgan fingerprint density at radius 1 is 0.312 bits per heavy atom. The Morgan fingerprint density at radius 2 is 0.604 bits per heavy atom. The number of hydrogen-bond donors (Lipinski definition) is 3. The smallest absolute Gasteiger partial charge is 0.462 e. The standard InChI is InChI=1S/C77H128O17P2/c1-5-9-13-17-21-25-29-32-34-35-37-40-43-46-50-54-58-62-75(80)88-68-73(94-77(82)64-60-56-52-48-44-38-31-27-23-19-15-11-7-3)70-92-96(85,86)90-66-71(78)65-89-95(83,84)91-69-72(93-76(81)63-59-55-51-47-41-28-24-20-16-12-8-4)67-87-74(79)61-57-53-49-45-42-39-36-33-30-26-22-18-14-10-6-2/h9-10,13-14,20-22,24-26,32-34,36-37,40,42,45-46,50,53,57,71-73,78H,5-8,11-12,15-19,23,27-31,35,38-39,41,43-44,47-49,51-52,54-56,58-70H2,1-4H3,(H,83,84)(H,85,86)/b13-9-,14-10-,24-20-,25-21-,26-22-,34-32-,36-33-,40-37-,45-42-,50-46-,57-53-. The molecular formula is C77H128O17P2. The van der Waals surface area contributed by atoms with E-state index >= 15 is 0 Å².